The molecule has 17 heavy (non-hydrogen) atoms. The lowest BCUT2D eigenvalue weighted by atomic mass is 10.1. The van der Waals surface area contributed by atoms with Crippen LogP contribution in [0.3, 0.4) is 0 Å². The molecule has 1 aromatic rings. The number of benzene rings is 1. The maximum absolute atomic E-state index is 11.5. The van der Waals surface area contributed by atoms with Crippen LogP contribution < -0.4 is 4.74 Å². The fourth-order valence-electron chi connectivity index (χ4n) is 1.30. The first-order chi connectivity index (χ1) is 8.04. The number of methoxy groups -OCH3 is 1. The molecule has 0 saturated heterocycles. The molecule has 0 aliphatic heterocycles. The number of nitro groups is 1. The lowest BCUT2D eigenvalue weighted by Gasteiger charge is -2.06. The molecular formula is C10H8BrNO5. The third kappa shape index (κ3) is 2.68. The quantitative estimate of drug-likeness (QED) is 0.273. The summed E-state index contributed by atoms with van der Waals surface area (Å²) in [7, 11) is 1.29. The van der Waals surface area contributed by atoms with Gasteiger partial charge in [-0.2, -0.15) is 0 Å². The Morgan fingerprint density at radius 3 is 2.65 bits per heavy atom. The SMILES string of the molecule is COc1cc([N+](=O)[O-])c(C(=O)CBr)cc1C=O. The zero-order chi connectivity index (χ0) is 13.0. The van der Waals surface area contributed by atoms with Gasteiger partial charge in [0.1, 0.15) is 5.75 Å². The van der Waals surface area contributed by atoms with E-state index in [1.165, 1.54) is 7.11 Å². The number of Topliss-reactive ketones (excluding diaryl/α,β-unsaturated/α-hetero) is 1. The summed E-state index contributed by atoms with van der Waals surface area (Å²) >= 11 is 2.93. The highest BCUT2D eigenvalue weighted by Gasteiger charge is 2.22. The number of carbonyl (C=O) groups is 2. The van der Waals surface area contributed by atoms with E-state index in [4.69, 9.17) is 4.74 Å². The summed E-state index contributed by atoms with van der Waals surface area (Å²) in [4.78, 5) is 32.4. The molecule has 0 aliphatic carbocycles. The number of nitrogens with zero attached hydrogens (tertiary/aromatic N) is 1. The number of hydrogen-bond acceptors (Lipinski definition) is 5. The van der Waals surface area contributed by atoms with Gasteiger partial charge in [-0.1, -0.05) is 15.9 Å². The summed E-state index contributed by atoms with van der Waals surface area (Å²) in [5, 5.41) is 10.7. The molecular weight excluding hydrogens is 294 g/mol. The Morgan fingerprint density at radius 2 is 2.24 bits per heavy atom. The average molecular weight is 302 g/mol. The Bertz CT molecular complexity index is 486. The zero-order valence-electron chi connectivity index (χ0n) is 8.81. The van der Waals surface area contributed by atoms with Crippen LogP contribution in [0.4, 0.5) is 5.69 Å². The molecule has 1 rings (SSSR count). The molecule has 0 heterocycles. The predicted octanol–water partition coefficient (Wildman–Crippen LogP) is 1.99. The Hall–Kier alpha value is -1.76. The van der Waals surface area contributed by atoms with E-state index in [2.05, 4.69) is 15.9 Å². The van der Waals surface area contributed by atoms with E-state index in [1.54, 1.807) is 0 Å². The van der Waals surface area contributed by atoms with Crippen LogP contribution >= 0.6 is 15.9 Å². The molecule has 0 aromatic heterocycles. The molecule has 0 spiro atoms. The highest BCUT2D eigenvalue weighted by atomic mass is 79.9. The Labute approximate surface area is 105 Å². The summed E-state index contributed by atoms with van der Waals surface area (Å²) in [6.07, 6.45) is 0.480. The van der Waals surface area contributed by atoms with Crippen LogP contribution in [-0.2, 0) is 0 Å². The van der Waals surface area contributed by atoms with Gasteiger partial charge in [-0.25, -0.2) is 0 Å². The summed E-state index contributed by atoms with van der Waals surface area (Å²) in [6, 6.07) is 2.23. The molecule has 0 amide bonds. The third-order valence-corrected chi connectivity index (χ3v) is 2.60. The minimum atomic E-state index is -0.688. The van der Waals surface area contributed by atoms with E-state index in [0.717, 1.165) is 12.1 Å². The Balaban J connectivity index is 3.50. The van der Waals surface area contributed by atoms with E-state index < -0.39 is 10.7 Å². The number of halogens is 1. The van der Waals surface area contributed by atoms with Gasteiger partial charge in [0.15, 0.2) is 12.1 Å². The number of hydrogen-bond donors (Lipinski definition) is 0. The average Bonchev–Trinajstić information content (AvgIpc) is 2.35. The van der Waals surface area contributed by atoms with Crippen molar-refractivity contribution in [1.82, 2.24) is 0 Å². The lowest BCUT2D eigenvalue weighted by Crippen LogP contribution is -2.07. The van der Waals surface area contributed by atoms with Crippen molar-refractivity contribution in [3.63, 3.8) is 0 Å². The fraction of sp³-hybridized carbons (Fsp3) is 0.200. The van der Waals surface area contributed by atoms with Gasteiger partial charge in [0.2, 0.25) is 0 Å². The molecule has 6 nitrogen and oxygen atoms in total. The zero-order valence-corrected chi connectivity index (χ0v) is 10.4. The molecule has 0 unspecified atom stereocenters. The first-order valence-electron chi connectivity index (χ1n) is 4.46. The van der Waals surface area contributed by atoms with E-state index in [1.807, 2.05) is 0 Å². The second-order valence-corrected chi connectivity index (χ2v) is 3.60. The van der Waals surface area contributed by atoms with Gasteiger partial charge in [-0.3, -0.25) is 19.7 Å². The van der Waals surface area contributed by atoms with Crippen LogP contribution in [-0.4, -0.2) is 29.4 Å². The number of carbonyl (C=O) groups excluding carboxylic acids is 2. The van der Waals surface area contributed by atoms with Gasteiger partial charge in [0.25, 0.3) is 5.69 Å². The second kappa shape index (κ2) is 5.53. The number of ether oxygens (including phenoxy) is 1. The van der Waals surface area contributed by atoms with E-state index in [-0.39, 0.29) is 27.9 Å². The van der Waals surface area contributed by atoms with Crippen LogP contribution in [0.25, 0.3) is 0 Å². The minimum absolute atomic E-state index is 0.0571. The number of aldehydes is 1. The first kappa shape index (κ1) is 13.3. The van der Waals surface area contributed by atoms with Crippen molar-refractivity contribution in [3.05, 3.63) is 33.4 Å². The van der Waals surface area contributed by atoms with Crippen molar-refractivity contribution >= 4 is 33.7 Å². The largest absolute Gasteiger partial charge is 0.496 e. The summed E-state index contributed by atoms with van der Waals surface area (Å²) < 4.78 is 4.84. The van der Waals surface area contributed by atoms with Crippen molar-refractivity contribution < 1.29 is 19.2 Å². The molecule has 90 valence electrons. The minimum Gasteiger partial charge on any atom is -0.496 e. The van der Waals surface area contributed by atoms with Crippen LogP contribution in [0.5, 0.6) is 5.75 Å². The van der Waals surface area contributed by atoms with E-state index in [0.29, 0.717) is 6.29 Å². The monoisotopic (exact) mass is 301 g/mol. The molecule has 0 fully saturated rings. The van der Waals surface area contributed by atoms with Gasteiger partial charge in [-0.15, -0.1) is 0 Å². The highest BCUT2D eigenvalue weighted by molar-refractivity contribution is 9.09. The fourth-order valence-corrected chi connectivity index (χ4v) is 1.60. The Kier molecular flexibility index (Phi) is 4.33. The summed E-state index contributed by atoms with van der Waals surface area (Å²) in [5.41, 5.74) is -0.394. The van der Waals surface area contributed by atoms with Gasteiger partial charge >= 0.3 is 0 Å². The third-order valence-electron chi connectivity index (χ3n) is 2.09. The molecule has 0 radical (unpaired) electrons. The molecule has 0 aliphatic rings. The van der Waals surface area contributed by atoms with Gasteiger partial charge in [0.05, 0.1) is 34.6 Å². The van der Waals surface area contributed by atoms with Crippen LogP contribution in [0.1, 0.15) is 20.7 Å². The summed E-state index contributed by atoms with van der Waals surface area (Å²) in [5.74, 6) is -0.403. The molecule has 7 heteroatoms. The Morgan fingerprint density at radius 1 is 1.59 bits per heavy atom. The number of rotatable bonds is 5. The second-order valence-electron chi connectivity index (χ2n) is 3.04. The van der Waals surface area contributed by atoms with E-state index in [9.17, 15) is 19.7 Å². The van der Waals surface area contributed by atoms with Crippen LogP contribution in [0.15, 0.2) is 12.1 Å². The van der Waals surface area contributed by atoms with Crippen molar-refractivity contribution in [3.8, 4) is 5.75 Å². The van der Waals surface area contributed by atoms with Crippen LogP contribution in [0.2, 0.25) is 0 Å². The summed E-state index contributed by atoms with van der Waals surface area (Å²) in [6.45, 7) is 0. The topological polar surface area (TPSA) is 86.5 Å². The smallest absolute Gasteiger partial charge is 0.283 e. The van der Waals surface area contributed by atoms with Gasteiger partial charge in [0, 0.05) is 0 Å². The maximum atomic E-state index is 11.5. The van der Waals surface area contributed by atoms with E-state index >= 15 is 0 Å². The van der Waals surface area contributed by atoms with Crippen molar-refractivity contribution in [1.29, 1.82) is 0 Å². The van der Waals surface area contributed by atoms with Crippen molar-refractivity contribution in [2.75, 3.05) is 12.4 Å². The first-order valence-corrected chi connectivity index (χ1v) is 5.58. The maximum Gasteiger partial charge on any atom is 0.283 e. The predicted molar refractivity (Wildman–Crippen MR) is 63.2 cm³/mol. The molecule has 0 saturated carbocycles. The molecule has 1 aromatic carbocycles. The van der Waals surface area contributed by atoms with Crippen LogP contribution in [0, 0.1) is 10.1 Å². The highest BCUT2D eigenvalue weighted by Crippen LogP contribution is 2.28. The number of alkyl halides is 1. The molecule has 0 atom stereocenters. The van der Waals surface area contributed by atoms with Gasteiger partial charge < -0.3 is 4.74 Å². The number of nitro benzene ring substituents is 1. The van der Waals surface area contributed by atoms with Crippen molar-refractivity contribution in [2.24, 2.45) is 0 Å². The lowest BCUT2D eigenvalue weighted by molar-refractivity contribution is -0.385. The van der Waals surface area contributed by atoms with Gasteiger partial charge in [-0.05, 0) is 6.07 Å². The normalized spacial score (nSPS) is 9.76. The molecule has 0 bridgehead atoms. The molecule has 0 N–H and O–H groups in total. The van der Waals surface area contributed by atoms with Crippen molar-refractivity contribution in [2.45, 2.75) is 0 Å². The number of ketones is 1. The standard InChI is InChI=1S/C10H8BrNO5/c1-17-10-3-8(12(15)16)7(9(14)4-11)2-6(10)5-13/h2-3,5H,4H2,1H3.